The van der Waals surface area contributed by atoms with Gasteiger partial charge in [-0.15, -0.1) is 0 Å². The zero-order valence-electron chi connectivity index (χ0n) is 12.3. The van der Waals surface area contributed by atoms with Gasteiger partial charge in [0.25, 0.3) is 0 Å². The molecule has 3 heterocycles. The lowest BCUT2D eigenvalue weighted by molar-refractivity contribution is -0.193. The van der Waals surface area contributed by atoms with E-state index in [1.165, 1.54) is 0 Å². The summed E-state index contributed by atoms with van der Waals surface area (Å²) in [5.74, 6) is -0.328. The van der Waals surface area contributed by atoms with Crippen molar-refractivity contribution in [3.63, 3.8) is 0 Å². The number of fused-ring (bicyclic) bond motifs is 4. The van der Waals surface area contributed by atoms with Crippen molar-refractivity contribution in [2.24, 2.45) is 11.8 Å². The van der Waals surface area contributed by atoms with E-state index in [1.807, 2.05) is 0 Å². The van der Waals surface area contributed by atoms with Crippen molar-refractivity contribution in [3.8, 4) is 0 Å². The summed E-state index contributed by atoms with van der Waals surface area (Å²) in [6.07, 6.45) is 0.882. The average Bonchev–Trinajstić information content (AvgIpc) is 3.12. The third-order valence-corrected chi connectivity index (χ3v) is 6.58. The Hall–Kier alpha value is -0.820. The van der Waals surface area contributed by atoms with E-state index in [2.05, 4.69) is 0 Å². The predicted octanol–water partition coefficient (Wildman–Crippen LogP) is 0.001000. The van der Waals surface area contributed by atoms with Crippen molar-refractivity contribution < 1.29 is 28.9 Å². The maximum Gasteiger partial charge on any atom is 0.141 e. The molecule has 2 aliphatic carbocycles. The summed E-state index contributed by atoms with van der Waals surface area (Å²) >= 11 is 0. The molecule has 0 radical (unpaired) electrons. The Morgan fingerprint density at radius 1 is 1.00 bits per heavy atom. The van der Waals surface area contributed by atoms with Crippen LogP contribution in [0, 0.1) is 11.8 Å². The van der Waals surface area contributed by atoms with Gasteiger partial charge >= 0.3 is 0 Å². The van der Waals surface area contributed by atoms with Gasteiger partial charge in [0.05, 0.1) is 30.8 Å². The van der Waals surface area contributed by atoms with Crippen LogP contribution in [0.4, 0.5) is 0 Å². The molecule has 120 valence electrons. The lowest BCUT2D eigenvalue weighted by atomic mass is 9.62. The van der Waals surface area contributed by atoms with E-state index < -0.39 is 29.3 Å². The third-order valence-electron chi connectivity index (χ3n) is 6.58. The van der Waals surface area contributed by atoms with Crippen LogP contribution in [-0.4, -0.2) is 59.4 Å². The van der Waals surface area contributed by atoms with Gasteiger partial charge in [-0.05, 0) is 0 Å². The zero-order valence-corrected chi connectivity index (χ0v) is 12.3. The molecule has 7 atom stereocenters. The molecule has 3 saturated heterocycles. The van der Waals surface area contributed by atoms with Gasteiger partial charge in [0.2, 0.25) is 0 Å². The summed E-state index contributed by atoms with van der Waals surface area (Å²) in [4.78, 5) is 24.8. The second kappa shape index (κ2) is 4.17. The van der Waals surface area contributed by atoms with Gasteiger partial charge < -0.3 is 19.3 Å². The minimum Gasteiger partial charge on any atom is -0.384 e. The molecule has 1 spiro atoms. The van der Waals surface area contributed by atoms with Crippen LogP contribution >= 0.6 is 0 Å². The molecule has 0 aromatic rings. The molecular weight excluding hydrogens is 288 g/mol. The van der Waals surface area contributed by atoms with Crippen molar-refractivity contribution in [3.05, 3.63) is 0 Å². The lowest BCUT2D eigenvalue weighted by Gasteiger charge is -2.41. The fourth-order valence-electron chi connectivity index (χ4n) is 5.56. The number of hydrogen-bond donors (Lipinski definition) is 1. The molecule has 1 N–H and O–H groups in total. The molecule has 5 rings (SSSR count). The molecule has 22 heavy (non-hydrogen) atoms. The van der Waals surface area contributed by atoms with E-state index in [0.717, 1.165) is 0 Å². The van der Waals surface area contributed by atoms with Crippen LogP contribution in [0.25, 0.3) is 0 Å². The van der Waals surface area contributed by atoms with E-state index in [-0.39, 0.29) is 30.0 Å². The number of carbonyl (C=O) groups excluding carboxylic acids is 2. The Kier molecular flexibility index (Phi) is 2.58. The number of hydrogen-bond acceptors (Lipinski definition) is 6. The first kappa shape index (κ1) is 13.6. The van der Waals surface area contributed by atoms with Gasteiger partial charge in [-0.25, -0.2) is 0 Å². The van der Waals surface area contributed by atoms with E-state index >= 15 is 0 Å². The predicted molar refractivity (Wildman–Crippen MR) is 72.1 cm³/mol. The smallest absolute Gasteiger partial charge is 0.141 e. The number of ketones is 2. The van der Waals surface area contributed by atoms with E-state index in [4.69, 9.17) is 14.2 Å². The Balaban J connectivity index is 1.61. The average molecular weight is 308 g/mol. The van der Waals surface area contributed by atoms with Crippen LogP contribution in [0.15, 0.2) is 0 Å². The molecule has 3 aliphatic heterocycles. The van der Waals surface area contributed by atoms with Crippen LogP contribution < -0.4 is 0 Å². The molecular formula is C16H20O6. The Bertz CT molecular complexity index is 561. The topological polar surface area (TPSA) is 82.1 Å². The van der Waals surface area contributed by atoms with Gasteiger partial charge in [0, 0.05) is 44.6 Å². The molecule has 5 aliphatic rings. The minimum absolute atomic E-state index is 0.0730. The Morgan fingerprint density at radius 2 is 1.77 bits per heavy atom. The maximum atomic E-state index is 12.7. The minimum atomic E-state index is -1.10. The van der Waals surface area contributed by atoms with Crippen LogP contribution in [-0.2, 0) is 23.8 Å². The summed E-state index contributed by atoms with van der Waals surface area (Å²) in [5, 5.41) is 11.1. The van der Waals surface area contributed by atoms with Crippen molar-refractivity contribution in [2.75, 3.05) is 13.2 Å². The molecule has 5 fully saturated rings. The van der Waals surface area contributed by atoms with Crippen LogP contribution in [0.1, 0.15) is 32.1 Å². The largest absolute Gasteiger partial charge is 0.384 e. The molecule has 6 heteroatoms. The summed E-state index contributed by atoms with van der Waals surface area (Å²) in [6.45, 7) is 1.01. The molecule has 0 unspecified atom stereocenters. The summed E-state index contributed by atoms with van der Waals surface area (Å²) in [6, 6.07) is 0. The standard InChI is InChI=1S/C16H20O6/c17-8-5-9-13-10(18)7-11-15(19,1-3-20-11)14(13)22-16(9)2-4-21-12(16)6-8/h9,11-14,19H,1-7H2/t9-,11+,12+,13-,14-,15-,16+/m0/s1. The highest BCUT2D eigenvalue weighted by Crippen LogP contribution is 2.59. The monoisotopic (exact) mass is 308 g/mol. The van der Waals surface area contributed by atoms with Gasteiger partial charge in [-0.3, -0.25) is 9.59 Å². The highest BCUT2D eigenvalue weighted by atomic mass is 16.6. The SMILES string of the molecule is O=C1C[C@H]2OCC[C@]23O[C@H]2[C@H](C(=O)C[C@H]4OCC[C@]42O)[C@@H]3C1. The van der Waals surface area contributed by atoms with E-state index in [0.29, 0.717) is 38.9 Å². The van der Waals surface area contributed by atoms with Crippen molar-refractivity contribution in [2.45, 2.75) is 61.6 Å². The highest BCUT2D eigenvalue weighted by Gasteiger charge is 2.71. The number of ether oxygens (including phenoxy) is 3. The van der Waals surface area contributed by atoms with Crippen LogP contribution in [0.5, 0.6) is 0 Å². The molecule has 6 nitrogen and oxygen atoms in total. The molecule has 0 aromatic heterocycles. The number of aliphatic hydroxyl groups is 1. The highest BCUT2D eigenvalue weighted by molar-refractivity contribution is 5.87. The quantitative estimate of drug-likeness (QED) is 0.678. The summed E-state index contributed by atoms with van der Waals surface area (Å²) in [5.41, 5.74) is -1.66. The summed E-state index contributed by atoms with van der Waals surface area (Å²) in [7, 11) is 0. The van der Waals surface area contributed by atoms with E-state index in [9.17, 15) is 14.7 Å². The molecule has 0 bridgehead atoms. The van der Waals surface area contributed by atoms with Crippen molar-refractivity contribution in [1.29, 1.82) is 0 Å². The third kappa shape index (κ3) is 1.45. The van der Waals surface area contributed by atoms with Gasteiger partial charge in [0.1, 0.15) is 22.8 Å². The van der Waals surface area contributed by atoms with Crippen LogP contribution in [0.3, 0.4) is 0 Å². The first-order valence-electron chi connectivity index (χ1n) is 8.22. The fraction of sp³-hybridized carbons (Fsp3) is 0.875. The van der Waals surface area contributed by atoms with Gasteiger partial charge in [-0.2, -0.15) is 0 Å². The number of Topliss-reactive ketones (excluding diaryl/α,β-unsaturated/α-hetero) is 2. The molecule has 0 aromatic carbocycles. The fourth-order valence-corrected chi connectivity index (χ4v) is 5.56. The first-order chi connectivity index (χ1) is 10.5. The van der Waals surface area contributed by atoms with Crippen molar-refractivity contribution in [1.82, 2.24) is 0 Å². The number of carbonyl (C=O) groups is 2. The Morgan fingerprint density at radius 3 is 2.64 bits per heavy atom. The molecule has 2 saturated carbocycles. The maximum absolute atomic E-state index is 12.7. The lowest BCUT2D eigenvalue weighted by Crippen LogP contribution is -2.58. The van der Waals surface area contributed by atoms with Crippen LogP contribution in [0.2, 0.25) is 0 Å². The van der Waals surface area contributed by atoms with Gasteiger partial charge in [0.15, 0.2) is 0 Å². The second-order valence-electron chi connectivity index (χ2n) is 7.45. The second-order valence-corrected chi connectivity index (χ2v) is 7.45. The van der Waals surface area contributed by atoms with Gasteiger partial charge in [-0.1, -0.05) is 0 Å². The van der Waals surface area contributed by atoms with Crippen molar-refractivity contribution >= 4 is 11.6 Å². The zero-order chi connectivity index (χ0) is 15.1. The number of rotatable bonds is 0. The summed E-state index contributed by atoms with van der Waals surface area (Å²) < 4.78 is 17.7. The first-order valence-corrected chi connectivity index (χ1v) is 8.22. The normalized spacial score (nSPS) is 56.5. The Labute approximate surface area is 128 Å². The molecule has 0 amide bonds. The van der Waals surface area contributed by atoms with E-state index in [1.54, 1.807) is 0 Å².